The number of carbonyl (C=O) groups excluding carboxylic acids is 1. The van der Waals surface area contributed by atoms with Crippen LogP contribution in [0.3, 0.4) is 0 Å². The Morgan fingerprint density at radius 2 is 2.10 bits per heavy atom. The van der Waals surface area contributed by atoms with E-state index in [0.29, 0.717) is 24.3 Å². The fourth-order valence-electron chi connectivity index (χ4n) is 1.74. The monoisotopic (exact) mass is 275 g/mol. The van der Waals surface area contributed by atoms with Gasteiger partial charge in [-0.15, -0.1) is 5.10 Å². The maximum atomic E-state index is 11.8. The van der Waals surface area contributed by atoms with Gasteiger partial charge in [0.1, 0.15) is 6.54 Å². The zero-order chi connectivity index (χ0) is 14.4. The van der Waals surface area contributed by atoms with Gasteiger partial charge in [0.05, 0.1) is 11.9 Å². The predicted molar refractivity (Wildman–Crippen MR) is 73.8 cm³/mol. The number of aliphatic hydroxyl groups excluding tert-OH is 1. The molecule has 0 radical (unpaired) electrons. The summed E-state index contributed by atoms with van der Waals surface area (Å²) in [5.41, 5.74) is 7.79. The first-order chi connectivity index (χ1) is 9.71. The number of nitrogens with one attached hydrogen (secondary N) is 1. The minimum atomic E-state index is -0.187. The van der Waals surface area contributed by atoms with Crippen LogP contribution in [0.2, 0.25) is 0 Å². The first-order valence-corrected chi connectivity index (χ1v) is 6.30. The molecule has 4 N–H and O–H groups in total. The SMILES string of the molecule is NCc1cn(CC(=O)Nc2ccc(CCO)cc2)nn1. The van der Waals surface area contributed by atoms with Crippen LogP contribution in [-0.2, 0) is 24.3 Å². The summed E-state index contributed by atoms with van der Waals surface area (Å²) in [7, 11) is 0. The molecule has 0 unspecified atom stereocenters. The van der Waals surface area contributed by atoms with Gasteiger partial charge >= 0.3 is 0 Å². The van der Waals surface area contributed by atoms with E-state index in [2.05, 4.69) is 15.6 Å². The molecule has 0 aliphatic heterocycles. The lowest BCUT2D eigenvalue weighted by molar-refractivity contribution is -0.116. The number of nitrogens with zero attached hydrogens (tertiary/aromatic N) is 3. The molecule has 2 rings (SSSR count). The fraction of sp³-hybridized carbons (Fsp3) is 0.308. The number of carbonyl (C=O) groups is 1. The van der Waals surface area contributed by atoms with Crippen LogP contribution in [-0.4, -0.2) is 32.6 Å². The van der Waals surface area contributed by atoms with E-state index < -0.39 is 0 Å². The lowest BCUT2D eigenvalue weighted by atomic mass is 10.1. The van der Waals surface area contributed by atoms with Crippen molar-refractivity contribution in [3.8, 4) is 0 Å². The number of hydrogen-bond acceptors (Lipinski definition) is 5. The lowest BCUT2D eigenvalue weighted by Crippen LogP contribution is -2.19. The molecule has 7 nitrogen and oxygen atoms in total. The van der Waals surface area contributed by atoms with Crippen molar-refractivity contribution in [3.63, 3.8) is 0 Å². The van der Waals surface area contributed by atoms with Crippen LogP contribution in [0.4, 0.5) is 5.69 Å². The smallest absolute Gasteiger partial charge is 0.246 e. The lowest BCUT2D eigenvalue weighted by Gasteiger charge is -2.06. The number of aromatic nitrogens is 3. The van der Waals surface area contributed by atoms with Crippen LogP contribution < -0.4 is 11.1 Å². The fourth-order valence-corrected chi connectivity index (χ4v) is 1.74. The van der Waals surface area contributed by atoms with E-state index in [-0.39, 0.29) is 19.1 Å². The normalized spacial score (nSPS) is 10.5. The third kappa shape index (κ3) is 3.87. The number of amides is 1. The standard InChI is InChI=1S/C13H17N5O2/c14-7-12-8-18(17-16-12)9-13(20)15-11-3-1-10(2-4-11)5-6-19/h1-4,8,19H,5-7,9,14H2,(H,15,20). The molecule has 0 aliphatic rings. The summed E-state index contributed by atoms with van der Waals surface area (Å²) in [4.78, 5) is 11.8. The Labute approximate surface area is 116 Å². The number of benzene rings is 1. The Morgan fingerprint density at radius 1 is 1.35 bits per heavy atom. The summed E-state index contributed by atoms with van der Waals surface area (Å²) in [6.07, 6.45) is 2.25. The van der Waals surface area contributed by atoms with Crippen LogP contribution in [0.25, 0.3) is 0 Å². The highest BCUT2D eigenvalue weighted by Gasteiger charge is 2.06. The largest absolute Gasteiger partial charge is 0.396 e. The number of nitrogens with two attached hydrogens (primary N) is 1. The molecular formula is C13H17N5O2. The van der Waals surface area contributed by atoms with E-state index in [4.69, 9.17) is 10.8 Å². The average Bonchev–Trinajstić information content (AvgIpc) is 2.89. The van der Waals surface area contributed by atoms with E-state index in [0.717, 1.165) is 5.56 Å². The van der Waals surface area contributed by atoms with Crippen molar-refractivity contribution < 1.29 is 9.90 Å². The first-order valence-electron chi connectivity index (χ1n) is 6.30. The van der Waals surface area contributed by atoms with E-state index in [1.165, 1.54) is 4.68 Å². The Morgan fingerprint density at radius 3 is 2.70 bits per heavy atom. The molecule has 0 bridgehead atoms. The highest BCUT2D eigenvalue weighted by Crippen LogP contribution is 2.10. The van der Waals surface area contributed by atoms with E-state index in [9.17, 15) is 4.79 Å². The van der Waals surface area contributed by atoms with E-state index >= 15 is 0 Å². The molecular weight excluding hydrogens is 258 g/mol. The van der Waals surface area contributed by atoms with Crippen molar-refractivity contribution in [3.05, 3.63) is 41.7 Å². The molecule has 1 aromatic carbocycles. The van der Waals surface area contributed by atoms with Crippen LogP contribution in [0, 0.1) is 0 Å². The molecule has 0 aliphatic carbocycles. The highest BCUT2D eigenvalue weighted by atomic mass is 16.3. The Bertz CT molecular complexity index is 564. The Hall–Kier alpha value is -2.25. The van der Waals surface area contributed by atoms with Crippen molar-refractivity contribution in [2.45, 2.75) is 19.5 Å². The molecule has 1 heterocycles. The number of rotatable bonds is 6. The van der Waals surface area contributed by atoms with Gasteiger partial charge in [-0.25, -0.2) is 4.68 Å². The minimum Gasteiger partial charge on any atom is -0.396 e. The number of anilines is 1. The predicted octanol–water partition coefficient (Wildman–Crippen LogP) is -0.0897. The molecule has 0 spiro atoms. The van der Waals surface area contributed by atoms with Gasteiger partial charge in [-0.2, -0.15) is 0 Å². The van der Waals surface area contributed by atoms with Crippen molar-refractivity contribution in [1.82, 2.24) is 15.0 Å². The molecule has 1 amide bonds. The summed E-state index contributed by atoms with van der Waals surface area (Å²) < 4.78 is 1.44. The minimum absolute atomic E-state index is 0.0887. The van der Waals surface area contributed by atoms with Crippen molar-refractivity contribution >= 4 is 11.6 Å². The van der Waals surface area contributed by atoms with E-state index in [1.54, 1.807) is 18.3 Å². The topological polar surface area (TPSA) is 106 Å². The van der Waals surface area contributed by atoms with Crippen LogP contribution in [0.15, 0.2) is 30.5 Å². The van der Waals surface area contributed by atoms with Crippen LogP contribution >= 0.6 is 0 Å². The summed E-state index contributed by atoms with van der Waals surface area (Å²) in [6, 6.07) is 7.34. The highest BCUT2D eigenvalue weighted by molar-refractivity contribution is 5.90. The van der Waals surface area contributed by atoms with Crippen molar-refractivity contribution in [2.24, 2.45) is 5.73 Å². The van der Waals surface area contributed by atoms with Crippen LogP contribution in [0.5, 0.6) is 0 Å². The summed E-state index contributed by atoms with van der Waals surface area (Å²) in [5.74, 6) is -0.187. The van der Waals surface area contributed by atoms with Gasteiger partial charge in [0.25, 0.3) is 0 Å². The third-order valence-electron chi connectivity index (χ3n) is 2.74. The number of hydrogen-bond donors (Lipinski definition) is 3. The van der Waals surface area contributed by atoms with Gasteiger partial charge in [-0.3, -0.25) is 4.79 Å². The molecule has 7 heteroatoms. The maximum Gasteiger partial charge on any atom is 0.246 e. The van der Waals surface area contributed by atoms with Crippen molar-refractivity contribution in [2.75, 3.05) is 11.9 Å². The Kier molecular flexibility index (Phi) is 4.80. The molecule has 0 fully saturated rings. The van der Waals surface area contributed by atoms with Crippen molar-refractivity contribution in [1.29, 1.82) is 0 Å². The average molecular weight is 275 g/mol. The summed E-state index contributed by atoms with van der Waals surface area (Å²) in [5, 5.41) is 19.2. The second-order valence-corrected chi connectivity index (χ2v) is 4.33. The molecule has 20 heavy (non-hydrogen) atoms. The first kappa shape index (κ1) is 14.2. The van der Waals surface area contributed by atoms with Gasteiger partial charge < -0.3 is 16.2 Å². The molecule has 2 aromatic rings. The quantitative estimate of drug-likeness (QED) is 0.683. The third-order valence-corrected chi connectivity index (χ3v) is 2.74. The maximum absolute atomic E-state index is 11.8. The zero-order valence-corrected chi connectivity index (χ0v) is 11.0. The van der Waals surface area contributed by atoms with Gasteiger partial charge in [0, 0.05) is 18.8 Å². The van der Waals surface area contributed by atoms with Gasteiger partial charge in [-0.1, -0.05) is 17.3 Å². The molecule has 0 saturated carbocycles. The summed E-state index contributed by atoms with van der Waals surface area (Å²) >= 11 is 0. The molecule has 1 aromatic heterocycles. The van der Waals surface area contributed by atoms with Gasteiger partial charge in [0.2, 0.25) is 5.91 Å². The van der Waals surface area contributed by atoms with Crippen LogP contribution in [0.1, 0.15) is 11.3 Å². The molecule has 0 atom stereocenters. The second-order valence-electron chi connectivity index (χ2n) is 4.33. The van der Waals surface area contributed by atoms with Gasteiger partial charge in [0.15, 0.2) is 0 Å². The molecule has 106 valence electrons. The zero-order valence-electron chi connectivity index (χ0n) is 11.0. The van der Waals surface area contributed by atoms with E-state index in [1.807, 2.05) is 12.1 Å². The second kappa shape index (κ2) is 6.78. The van der Waals surface area contributed by atoms with Gasteiger partial charge in [-0.05, 0) is 24.1 Å². The Balaban J connectivity index is 1.90. The summed E-state index contributed by atoms with van der Waals surface area (Å²) in [6.45, 7) is 0.501. The molecule has 0 saturated heterocycles. The number of aliphatic hydroxyl groups is 1.